The third-order valence-electron chi connectivity index (χ3n) is 3.75. The van der Waals surface area contributed by atoms with Crippen molar-refractivity contribution in [3.8, 4) is 5.69 Å². The molecule has 3 aromatic rings. The standard InChI is InChI=1S/C20H19ClFN3O2S/c1-20(2,3)24-17(26)11-28-19-23-16-7-5-4-6-13(16)18(27)25(19)12-8-9-15(22)14(21)10-12/h4-10H,11H2,1-3H3,(H,24,26). The Balaban J connectivity index is 2.08. The van der Waals surface area contributed by atoms with Crippen LogP contribution in [0, 0.1) is 5.82 Å². The molecule has 0 bridgehead atoms. The molecule has 0 saturated carbocycles. The number of nitrogens with one attached hydrogen (secondary N) is 1. The van der Waals surface area contributed by atoms with Crippen molar-refractivity contribution < 1.29 is 9.18 Å². The van der Waals surface area contributed by atoms with Crippen LogP contribution in [0.4, 0.5) is 4.39 Å². The quantitative estimate of drug-likeness (QED) is 0.509. The normalized spacial score (nSPS) is 11.6. The van der Waals surface area contributed by atoms with E-state index in [-0.39, 0.29) is 27.8 Å². The maximum absolute atomic E-state index is 13.6. The predicted molar refractivity (Wildman–Crippen MR) is 111 cm³/mol. The van der Waals surface area contributed by atoms with Gasteiger partial charge in [0.2, 0.25) is 5.91 Å². The van der Waals surface area contributed by atoms with E-state index in [2.05, 4.69) is 10.3 Å². The van der Waals surface area contributed by atoms with Crippen molar-refractivity contribution >= 4 is 40.2 Å². The molecule has 2 aromatic carbocycles. The van der Waals surface area contributed by atoms with Crippen molar-refractivity contribution in [2.75, 3.05) is 5.75 Å². The molecule has 8 heteroatoms. The number of hydrogen-bond acceptors (Lipinski definition) is 4. The number of aromatic nitrogens is 2. The van der Waals surface area contributed by atoms with Gasteiger partial charge in [0.05, 0.1) is 27.4 Å². The summed E-state index contributed by atoms with van der Waals surface area (Å²) in [5, 5.41) is 3.52. The molecule has 0 atom stereocenters. The van der Waals surface area contributed by atoms with Crippen molar-refractivity contribution in [1.82, 2.24) is 14.9 Å². The average molecular weight is 420 g/mol. The highest BCUT2D eigenvalue weighted by atomic mass is 35.5. The summed E-state index contributed by atoms with van der Waals surface area (Å²) < 4.78 is 14.9. The van der Waals surface area contributed by atoms with Gasteiger partial charge in [0.15, 0.2) is 5.16 Å². The van der Waals surface area contributed by atoms with Gasteiger partial charge in [0.25, 0.3) is 5.56 Å². The molecule has 0 saturated heterocycles. The molecule has 0 radical (unpaired) electrons. The lowest BCUT2D eigenvalue weighted by molar-refractivity contribution is -0.119. The van der Waals surface area contributed by atoms with Crippen molar-refractivity contribution in [2.45, 2.75) is 31.5 Å². The van der Waals surface area contributed by atoms with E-state index in [1.54, 1.807) is 24.3 Å². The van der Waals surface area contributed by atoms with E-state index in [1.165, 1.54) is 22.8 Å². The molecule has 5 nitrogen and oxygen atoms in total. The van der Waals surface area contributed by atoms with E-state index in [1.807, 2.05) is 20.8 Å². The smallest absolute Gasteiger partial charge is 0.266 e. The number of fused-ring (bicyclic) bond motifs is 1. The van der Waals surface area contributed by atoms with Crippen LogP contribution in [0.15, 0.2) is 52.4 Å². The molecule has 28 heavy (non-hydrogen) atoms. The van der Waals surface area contributed by atoms with Crippen molar-refractivity contribution in [3.05, 3.63) is 63.7 Å². The first-order chi connectivity index (χ1) is 13.2. The Morgan fingerprint density at radius 2 is 1.96 bits per heavy atom. The Kier molecular flexibility index (Phi) is 5.76. The summed E-state index contributed by atoms with van der Waals surface area (Å²) >= 11 is 7.04. The van der Waals surface area contributed by atoms with Gasteiger partial charge in [-0.3, -0.25) is 14.2 Å². The topological polar surface area (TPSA) is 64.0 Å². The van der Waals surface area contributed by atoms with Crippen molar-refractivity contribution in [3.63, 3.8) is 0 Å². The van der Waals surface area contributed by atoms with E-state index >= 15 is 0 Å². The van der Waals surface area contributed by atoms with Crippen LogP contribution in [0.5, 0.6) is 0 Å². The summed E-state index contributed by atoms with van der Waals surface area (Å²) in [5.41, 5.74) is 0.231. The van der Waals surface area contributed by atoms with Crippen LogP contribution in [0.2, 0.25) is 5.02 Å². The second-order valence-electron chi connectivity index (χ2n) is 7.24. The van der Waals surface area contributed by atoms with E-state index in [0.717, 1.165) is 11.8 Å². The minimum Gasteiger partial charge on any atom is -0.351 e. The average Bonchev–Trinajstić information content (AvgIpc) is 2.61. The summed E-state index contributed by atoms with van der Waals surface area (Å²) in [4.78, 5) is 29.8. The molecule has 3 rings (SSSR count). The molecule has 0 aliphatic rings. The van der Waals surface area contributed by atoms with Gasteiger partial charge in [-0.25, -0.2) is 9.37 Å². The molecule has 0 aliphatic carbocycles. The fourth-order valence-electron chi connectivity index (χ4n) is 2.65. The van der Waals surface area contributed by atoms with Crippen LogP contribution in [-0.2, 0) is 4.79 Å². The molecule has 0 unspecified atom stereocenters. The number of amides is 1. The SMILES string of the molecule is CC(C)(C)NC(=O)CSc1nc2ccccc2c(=O)n1-c1ccc(F)c(Cl)c1. The number of nitrogens with zero attached hydrogens (tertiary/aromatic N) is 2. The van der Waals surface area contributed by atoms with Gasteiger partial charge < -0.3 is 5.32 Å². The molecule has 0 aliphatic heterocycles. The summed E-state index contributed by atoms with van der Waals surface area (Å²) in [6.45, 7) is 5.67. The summed E-state index contributed by atoms with van der Waals surface area (Å²) in [7, 11) is 0. The molecule has 146 valence electrons. The zero-order chi connectivity index (χ0) is 20.5. The molecule has 1 N–H and O–H groups in total. The Hall–Kier alpha value is -2.38. The number of halogens is 2. The zero-order valence-corrected chi connectivity index (χ0v) is 17.2. The van der Waals surface area contributed by atoms with E-state index in [4.69, 9.17) is 11.6 Å². The summed E-state index contributed by atoms with van der Waals surface area (Å²) in [5.74, 6) is -0.675. The minimum absolute atomic E-state index is 0.0803. The highest BCUT2D eigenvalue weighted by Gasteiger charge is 2.18. The van der Waals surface area contributed by atoms with Gasteiger partial charge in [-0.05, 0) is 51.1 Å². The van der Waals surface area contributed by atoms with Crippen molar-refractivity contribution in [2.24, 2.45) is 0 Å². The second kappa shape index (κ2) is 7.93. The van der Waals surface area contributed by atoms with E-state index < -0.39 is 5.82 Å². The van der Waals surface area contributed by atoms with Gasteiger partial charge in [-0.15, -0.1) is 0 Å². The van der Waals surface area contributed by atoms with Crippen LogP contribution in [-0.4, -0.2) is 26.8 Å². The highest BCUT2D eigenvalue weighted by Crippen LogP contribution is 2.24. The third-order valence-corrected chi connectivity index (χ3v) is 4.98. The first-order valence-corrected chi connectivity index (χ1v) is 9.93. The number of thioether (sulfide) groups is 1. The number of benzene rings is 2. The first-order valence-electron chi connectivity index (χ1n) is 8.57. The van der Waals surface area contributed by atoms with Crippen LogP contribution >= 0.6 is 23.4 Å². The van der Waals surface area contributed by atoms with Crippen LogP contribution in [0.1, 0.15) is 20.8 Å². The Morgan fingerprint density at radius 1 is 1.25 bits per heavy atom. The summed E-state index contributed by atoms with van der Waals surface area (Å²) in [6, 6.07) is 11.0. The summed E-state index contributed by atoms with van der Waals surface area (Å²) in [6.07, 6.45) is 0. The van der Waals surface area contributed by atoms with Gasteiger partial charge in [0.1, 0.15) is 5.82 Å². The second-order valence-corrected chi connectivity index (χ2v) is 8.59. The largest absolute Gasteiger partial charge is 0.351 e. The van der Waals surface area contributed by atoms with Crippen molar-refractivity contribution in [1.29, 1.82) is 0 Å². The number of carbonyl (C=O) groups excluding carboxylic acids is 1. The molecular weight excluding hydrogens is 401 g/mol. The van der Waals surface area contributed by atoms with Gasteiger partial charge in [0, 0.05) is 5.54 Å². The Bertz CT molecular complexity index is 1110. The van der Waals surface area contributed by atoms with Gasteiger partial charge in [-0.1, -0.05) is 35.5 Å². The van der Waals surface area contributed by atoms with Crippen LogP contribution < -0.4 is 10.9 Å². The third kappa shape index (κ3) is 4.54. The highest BCUT2D eigenvalue weighted by molar-refractivity contribution is 7.99. The van der Waals surface area contributed by atoms with Gasteiger partial charge in [-0.2, -0.15) is 0 Å². The number of carbonyl (C=O) groups is 1. The number of rotatable bonds is 4. The van der Waals surface area contributed by atoms with Crippen LogP contribution in [0.25, 0.3) is 16.6 Å². The monoisotopic (exact) mass is 419 g/mol. The lowest BCUT2D eigenvalue weighted by Crippen LogP contribution is -2.41. The minimum atomic E-state index is -0.578. The maximum Gasteiger partial charge on any atom is 0.266 e. The molecule has 0 spiro atoms. The molecule has 1 aromatic heterocycles. The van der Waals surface area contributed by atoms with E-state index in [0.29, 0.717) is 21.7 Å². The lowest BCUT2D eigenvalue weighted by Gasteiger charge is -2.20. The molecule has 1 amide bonds. The lowest BCUT2D eigenvalue weighted by atomic mass is 10.1. The molecule has 1 heterocycles. The Morgan fingerprint density at radius 3 is 2.64 bits per heavy atom. The van der Waals surface area contributed by atoms with Crippen LogP contribution in [0.3, 0.4) is 0 Å². The predicted octanol–water partition coefficient (Wildman–Crippen LogP) is 4.19. The zero-order valence-electron chi connectivity index (χ0n) is 15.6. The maximum atomic E-state index is 13.6. The fraction of sp³-hybridized carbons (Fsp3) is 0.250. The fourth-order valence-corrected chi connectivity index (χ4v) is 3.63. The molecule has 0 fully saturated rings. The number of hydrogen-bond donors (Lipinski definition) is 1. The first kappa shape index (κ1) is 20.4. The van der Waals surface area contributed by atoms with E-state index in [9.17, 15) is 14.0 Å². The van der Waals surface area contributed by atoms with Gasteiger partial charge >= 0.3 is 0 Å². The Labute approximate surface area is 170 Å². The number of para-hydroxylation sites is 1. The molecular formula is C20H19ClFN3O2S.